The third-order valence-corrected chi connectivity index (χ3v) is 12.8. The number of rotatable bonds is 10. The molecule has 0 aliphatic heterocycles. The topological polar surface area (TPSA) is 0 Å². The van der Waals surface area contributed by atoms with E-state index in [9.17, 15) is 0 Å². The van der Waals surface area contributed by atoms with E-state index >= 15 is 0 Å². The molecule has 0 atom stereocenters. The molecule has 0 nitrogen and oxygen atoms in total. The normalized spacial score (nSPS) is 12.0. The first-order valence-corrected chi connectivity index (χ1v) is 16.2. The maximum absolute atomic E-state index is 3.82. The summed E-state index contributed by atoms with van der Waals surface area (Å²) in [6.07, 6.45) is 15.7. The van der Waals surface area contributed by atoms with Crippen LogP contribution in [0.15, 0.2) is 71.9 Å². The minimum Gasteiger partial charge on any atom is -1.00 e. The van der Waals surface area contributed by atoms with Gasteiger partial charge in [-0.25, -0.2) is 12.2 Å². The van der Waals surface area contributed by atoms with Crippen molar-refractivity contribution in [3.8, 4) is 0 Å². The van der Waals surface area contributed by atoms with E-state index in [1.807, 2.05) is 0 Å². The molecule has 40 heavy (non-hydrogen) atoms. The summed E-state index contributed by atoms with van der Waals surface area (Å²) in [5.74, 6) is 0. The SMILES string of the molecule is CCc1cc(CC)cc([Si](C2=[C-]C=CC2)(c2cc(CC)cc(CC)c2)c2cc(CC)cc(CC)c2)c1.[Cl-].[Cl-].[Cl-].[Ti+4]. The number of aryl methyl sites for hydroxylation is 6. The molecule has 0 bridgehead atoms. The zero-order chi connectivity index (χ0) is 25.7. The number of hydrogen-bond acceptors (Lipinski definition) is 0. The van der Waals surface area contributed by atoms with Crippen LogP contribution in [0.4, 0.5) is 0 Å². The van der Waals surface area contributed by atoms with Crippen LogP contribution < -0.4 is 52.8 Å². The second-order valence-corrected chi connectivity index (χ2v) is 14.1. The Kier molecular flexibility index (Phi) is 17.3. The van der Waals surface area contributed by atoms with Gasteiger partial charge in [0, 0.05) is 0 Å². The van der Waals surface area contributed by atoms with Crippen molar-refractivity contribution in [1.29, 1.82) is 0 Å². The van der Waals surface area contributed by atoms with Gasteiger partial charge in [0.2, 0.25) is 0 Å². The molecule has 0 radical (unpaired) electrons. The molecule has 0 spiro atoms. The monoisotopic (exact) mass is 644 g/mol. The first-order chi connectivity index (χ1) is 17.5. The van der Waals surface area contributed by atoms with E-state index in [1.165, 1.54) is 54.1 Å². The smallest absolute Gasteiger partial charge is 1.00 e. The van der Waals surface area contributed by atoms with Crippen LogP contribution in [0.2, 0.25) is 0 Å². The molecule has 1 aliphatic carbocycles. The van der Waals surface area contributed by atoms with E-state index in [1.54, 1.807) is 0 Å². The van der Waals surface area contributed by atoms with Crippen molar-refractivity contribution in [3.05, 3.63) is 111 Å². The predicted molar refractivity (Wildman–Crippen MR) is 161 cm³/mol. The Balaban J connectivity index is 0.00000380. The number of allylic oxidation sites excluding steroid dienone is 4. The Morgan fingerprint density at radius 3 is 0.975 bits per heavy atom. The van der Waals surface area contributed by atoms with E-state index in [2.05, 4.69) is 114 Å². The molecule has 0 N–H and O–H groups in total. The van der Waals surface area contributed by atoms with E-state index in [-0.39, 0.29) is 58.9 Å². The van der Waals surface area contributed by atoms with Crippen LogP contribution in [0.1, 0.15) is 81.3 Å². The molecule has 0 heterocycles. The van der Waals surface area contributed by atoms with Crippen molar-refractivity contribution >= 4 is 23.6 Å². The zero-order valence-electron chi connectivity index (χ0n) is 24.9. The summed E-state index contributed by atoms with van der Waals surface area (Å²) in [7, 11) is -2.53. The summed E-state index contributed by atoms with van der Waals surface area (Å²) in [5, 5.41) is 6.12. The summed E-state index contributed by atoms with van der Waals surface area (Å²) in [6.45, 7) is 13.8. The van der Waals surface area contributed by atoms with E-state index in [0.29, 0.717) is 0 Å². The third-order valence-electron chi connectivity index (χ3n) is 8.06. The summed E-state index contributed by atoms with van der Waals surface area (Å²) < 4.78 is 0. The maximum atomic E-state index is 3.82. The second-order valence-electron chi connectivity index (χ2n) is 10.2. The summed E-state index contributed by atoms with van der Waals surface area (Å²) in [5.41, 5.74) is 8.74. The van der Waals surface area contributed by atoms with E-state index < -0.39 is 8.07 Å². The van der Waals surface area contributed by atoms with Gasteiger partial charge in [-0.05, 0) is 87.5 Å². The third kappa shape index (κ3) is 7.86. The van der Waals surface area contributed by atoms with Crippen LogP contribution >= 0.6 is 0 Å². The van der Waals surface area contributed by atoms with Gasteiger partial charge in [-0.1, -0.05) is 103 Å². The van der Waals surface area contributed by atoms with Gasteiger partial charge in [0.1, 0.15) is 0 Å². The molecule has 0 aromatic heterocycles. The predicted octanol–water partition coefficient (Wildman–Crippen LogP) is -2.23. The van der Waals surface area contributed by atoms with Crippen LogP contribution in [0, 0.1) is 6.08 Å². The van der Waals surface area contributed by atoms with E-state index in [0.717, 1.165) is 44.9 Å². The molecule has 1 aliphatic rings. The Morgan fingerprint density at radius 1 is 0.500 bits per heavy atom. The number of benzene rings is 3. The van der Waals surface area contributed by atoms with Gasteiger partial charge in [-0.3, -0.25) is 6.08 Å². The van der Waals surface area contributed by atoms with Gasteiger partial charge in [0.05, 0.1) is 0 Å². The molecule has 3 aromatic carbocycles. The molecule has 0 saturated carbocycles. The molecular formula is C35H43Cl3SiTi. The Hall–Kier alpha value is -1.06. The van der Waals surface area contributed by atoms with Gasteiger partial charge in [-0.15, -0.1) is 0 Å². The Morgan fingerprint density at radius 2 is 0.775 bits per heavy atom. The fraction of sp³-hybridized carbons (Fsp3) is 0.371. The average molecular weight is 646 g/mol. The number of hydrogen-bond donors (Lipinski definition) is 0. The minimum absolute atomic E-state index is 0. The van der Waals surface area contributed by atoms with Gasteiger partial charge in [0.25, 0.3) is 0 Å². The molecule has 0 amide bonds. The average Bonchev–Trinajstić information content (AvgIpc) is 3.47. The standard InChI is InChI=1S/C35H43Si.3ClH.Ti/c1-7-26-17-27(8-2)21-33(20-26)36(32-15-13-14-16-32,34-22-28(9-3)18-29(10-4)23-34)35-24-30(11-5)19-31(12-6)25-35;;;;/h13-14,17-25H,7-12,15H2,1-6H3;3*1H;/q-1;;;;+4/p-3. The zero-order valence-corrected chi connectivity index (χ0v) is 29.8. The minimum atomic E-state index is -2.53. The molecule has 3 aromatic rings. The fourth-order valence-electron chi connectivity index (χ4n) is 5.84. The molecule has 0 saturated heterocycles. The molecule has 5 heteroatoms. The Labute approximate surface area is 278 Å². The molecule has 4 rings (SSSR count). The van der Waals surface area contributed by atoms with Crippen molar-refractivity contribution in [2.75, 3.05) is 0 Å². The van der Waals surface area contributed by atoms with Gasteiger partial charge >= 0.3 is 21.7 Å². The summed E-state index contributed by atoms with van der Waals surface area (Å²) >= 11 is 0. The van der Waals surface area contributed by atoms with Crippen LogP contribution in [0.25, 0.3) is 0 Å². The first kappa shape index (κ1) is 38.9. The van der Waals surface area contributed by atoms with Crippen LogP contribution in [-0.4, -0.2) is 8.07 Å². The van der Waals surface area contributed by atoms with Gasteiger partial charge in [0.15, 0.2) is 8.07 Å². The molecule has 0 unspecified atom stereocenters. The summed E-state index contributed by atoms with van der Waals surface area (Å²) in [6, 6.07) is 22.6. The van der Waals surface area contributed by atoms with Gasteiger partial charge < -0.3 is 37.2 Å². The second kappa shape index (κ2) is 17.8. The van der Waals surface area contributed by atoms with Crippen molar-refractivity contribution in [2.45, 2.75) is 86.5 Å². The quantitative estimate of drug-likeness (QED) is 0.133. The van der Waals surface area contributed by atoms with Crippen molar-refractivity contribution in [1.82, 2.24) is 0 Å². The summed E-state index contributed by atoms with van der Waals surface area (Å²) in [4.78, 5) is 0. The Bertz CT molecular complexity index is 1090. The number of halogens is 3. The first-order valence-electron chi connectivity index (χ1n) is 14.2. The fourth-order valence-corrected chi connectivity index (χ4v) is 11.0. The molecule has 212 valence electrons. The molecular weight excluding hydrogens is 603 g/mol. The van der Waals surface area contributed by atoms with Crippen molar-refractivity contribution < 1.29 is 58.9 Å². The maximum Gasteiger partial charge on any atom is 4.00 e. The van der Waals surface area contributed by atoms with Crippen LogP contribution in [0.3, 0.4) is 0 Å². The van der Waals surface area contributed by atoms with Gasteiger partial charge in [-0.2, -0.15) is 5.20 Å². The largest absolute Gasteiger partial charge is 4.00 e. The van der Waals surface area contributed by atoms with Crippen molar-refractivity contribution in [2.24, 2.45) is 0 Å². The van der Waals surface area contributed by atoms with Crippen LogP contribution in [0.5, 0.6) is 0 Å². The van der Waals surface area contributed by atoms with Crippen molar-refractivity contribution in [3.63, 3.8) is 0 Å². The van der Waals surface area contributed by atoms with E-state index in [4.69, 9.17) is 0 Å². The van der Waals surface area contributed by atoms with Crippen LogP contribution in [-0.2, 0) is 60.2 Å². The molecule has 0 fully saturated rings.